The van der Waals surface area contributed by atoms with Crippen molar-refractivity contribution in [3.8, 4) is 0 Å². The van der Waals surface area contributed by atoms with Crippen LogP contribution in [0.3, 0.4) is 0 Å². The number of nitrogens with zero attached hydrogens (tertiary/aromatic N) is 1. The normalized spacial score (nSPS) is 12.1. The third-order valence-electron chi connectivity index (χ3n) is 2.87. The Balaban J connectivity index is 2.60. The minimum Gasteiger partial charge on any atom is -0.326 e. The van der Waals surface area contributed by atoms with Crippen molar-refractivity contribution in [2.24, 2.45) is 5.73 Å². The third-order valence-corrected chi connectivity index (χ3v) is 4.70. The van der Waals surface area contributed by atoms with Gasteiger partial charge in [-0.3, -0.25) is 0 Å². The molecule has 0 unspecified atom stereocenters. The van der Waals surface area contributed by atoms with E-state index in [0.29, 0.717) is 17.1 Å². The molecule has 0 heterocycles. The maximum Gasteiger partial charge on any atom is 0.240 e. The van der Waals surface area contributed by atoms with E-state index in [1.165, 1.54) is 12.1 Å². The van der Waals surface area contributed by atoms with Crippen LogP contribution in [0, 0.1) is 0 Å². The summed E-state index contributed by atoms with van der Waals surface area (Å²) >= 11 is 5.92. The van der Waals surface area contributed by atoms with E-state index >= 15 is 0 Å². The van der Waals surface area contributed by atoms with Gasteiger partial charge in [-0.05, 0) is 57.2 Å². The zero-order valence-electron chi connectivity index (χ0n) is 11.9. The molecule has 0 bridgehead atoms. The fourth-order valence-corrected chi connectivity index (χ4v) is 3.04. The van der Waals surface area contributed by atoms with E-state index in [4.69, 9.17) is 17.3 Å². The SMILES string of the molecule is CN(C)CCCCNS(=O)(=O)c1ccc(Cl)c(CN)c1. The minimum atomic E-state index is -3.49. The van der Waals surface area contributed by atoms with E-state index in [1.54, 1.807) is 6.07 Å². The Morgan fingerprint density at radius 3 is 2.60 bits per heavy atom. The first kappa shape index (κ1) is 17.4. The van der Waals surface area contributed by atoms with Crippen molar-refractivity contribution in [2.75, 3.05) is 27.2 Å². The Kier molecular flexibility index (Phi) is 6.91. The Hall–Kier alpha value is -0.660. The second-order valence-corrected chi connectivity index (χ2v) is 7.04. The lowest BCUT2D eigenvalue weighted by atomic mass is 10.2. The van der Waals surface area contributed by atoms with Crippen LogP contribution < -0.4 is 10.5 Å². The summed E-state index contributed by atoms with van der Waals surface area (Å²) in [6.07, 6.45) is 1.75. The fraction of sp³-hybridized carbons (Fsp3) is 0.538. The number of hydrogen-bond donors (Lipinski definition) is 2. The maximum atomic E-state index is 12.1. The number of benzene rings is 1. The van der Waals surface area contributed by atoms with Gasteiger partial charge in [-0.15, -0.1) is 0 Å². The second-order valence-electron chi connectivity index (χ2n) is 4.87. The lowest BCUT2D eigenvalue weighted by Crippen LogP contribution is -2.25. The van der Waals surface area contributed by atoms with Crippen LogP contribution in [-0.4, -0.2) is 40.5 Å². The van der Waals surface area contributed by atoms with Crippen LogP contribution >= 0.6 is 11.6 Å². The average molecular weight is 320 g/mol. The highest BCUT2D eigenvalue weighted by Gasteiger charge is 2.14. The van der Waals surface area contributed by atoms with Crippen molar-refractivity contribution in [3.63, 3.8) is 0 Å². The zero-order chi connectivity index (χ0) is 15.2. The Bertz CT molecular complexity index is 532. The van der Waals surface area contributed by atoms with Crippen LogP contribution in [-0.2, 0) is 16.6 Å². The molecule has 0 aliphatic carbocycles. The summed E-state index contributed by atoms with van der Waals surface area (Å²) in [7, 11) is 0.496. The first-order valence-electron chi connectivity index (χ1n) is 6.49. The molecule has 114 valence electrons. The lowest BCUT2D eigenvalue weighted by Gasteiger charge is -2.10. The van der Waals surface area contributed by atoms with Crippen molar-refractivity contribution in [1.82, 2.24) is 9.62 Å². The number of rotatable bonds is 8. The van der Waals surface area contributed by atoms with E-state index in [-0.39, 0.29) is 11.4 Å². The molecule has 7 heteroatoms. The van der Waals surface area contributed by atoms with Crippen LogP contribution in [0.4, 0.5) is 0 Å². The smallest absolute Gasteiger partial charge is 0.240 e. The highest BCUT2D eigenvalue weighted by Crippen LogP contribution is 2.19. The molecular weight excluding hydrogens is 298 g/mol. The van der Waals surface area contributed by atoms with Crippen molar-refractivity contribution in [1.29, 1.82) is 0 Å². The number of hydrogen-bond acceptors (Lipinski definition) is 4. The Morgan fingerprint density at radius 1 is 1.30 bits per heavy atom. The third kappa shape index (κ3) is 5.38. The molecule has 0 aliphatic rings. The lowest BCUT2D eigenvalue weighted by molar-refractivity contribution is 0.394. The molecule has 3 N–H and O–H groups in total. The molecule has 5 nitrogen and oxygen atoms in total. The summed E-state index contributed by atoms with van der Waals surface area (Å²) < 4.78 is 26.8. The summed E-state index contributed by atoms with van der Waals surface area (Å²) in [6, 6.07) is 4.57. The topological polar surface area (TPSA) is 75.4 Å². The Morgan fingerprint density at radius 2 is 2.00 bits per heavy atom. The van der Waals surface area contributed by atoms with Gasteiger partial charge in [0, 0.05) is 18.1 Å². The minimum absolute atomic E-state index is 0.204. The van der Waals surface area contributed by atoms with E-state index in [0.717, 1.165) is 19.4 Å². The van der Waals surface area contributed by atoms with Gasteiger partial charge in [0.2, 0.25) is 10.0 Å². The van der Waals surface area contributed by atoms with Gasteiger partial charge in [-0.1, -0.05) is 11.6 Å². The Labute approximate surface area is 126 Å². The molecule has 0 radical (unpaired) electrons. The van der Waals surface area contributed by atoms with E-state index in [2.05, 4.69) is 9.62 Å². The number of halogens is 1. The summed E-state index contributed by atoms with van der Waals surface area (Å²) in [5.74, 6) is 0. The van der Waals surface area contributed by atoms with Gasteiger partial charge < -0.3 is 10.6 Å². The van der Waals surface area contributed by atoms with Gasteiger partial charge in [0.15, 0.2) is 0 Å². The van der Waals surface area contributed by atoms with Crippen LogP contribution in [0.15, 0.2) is 23.1 Å². The van der Waals surface area contributed by atoms with Crippen LogP contribution in [0.2, 0.25) is 5.02 Å². The summed E-state index contributed by atoms with van der Waals surface area (Å²) in [6.45, 7) is 1.59. The number of sulfonamides is 1. The molecule has 20 heavy (non-hydrogen) atoms. The number of unbranched alkanes of at least 4 members (excludes halogenated alkanes) is 1. The molecule has 1 aromatic carbocycles. The average Bonchev–Trinajstić information content (AvgIpc) is 2.38. The first-order valence-corrected chi connectivity index (χ1v) is 8.36. The highest BCUT2D eigenvalue weighted by molar-refractivity contribution is 7.89. The quantitative estimate of drug-likeness (QED) is 0.711. The van der Waals surface area contributed by atoms with Gasteiger partial charge in [-0.2, -0.15) is 0 Å². The maximum absolute atomic E-state index is 12.1. The van der Waals surface area contributed by atoms with Crippen molar-refractivity contribution in [3.05, 3.63) is 28.8 Å². The zero-order valence-corrected chi connectivity index (χ0v) is 13.5. The molecule has 0 amide bonds. The van der Waals surface area contributed by atoms with Gasteiger partial charge in [-0.25, -0.2) is 13.1 Å². The summed E-state index contributed by atoms with van der Waals surface area (Å²) in [5.41, 5.74) is 6.15. The van der Waals surface area contributed by atoms with Gasteiger partial charge in [0.05, 0.1) is 4.90 Å². The first-order chi connectivity index (χ1) is 9.36. The second kappa shape index (κ2) is 7.95. The highest BCUT2D eigenvalue weighted by atomic mass is 35.5. The van der Waals surface area contributed by atoms with Crippen LogP contribution in [0.25, 0.3) is 0 Å². The van der Waals surface area contributed by atoms with Crippen LogP contribution in [0.5, 0.6) is 0 Å². The molecular formula is C13H22ClN3O2S. The standard InChI is InChI=1S/C13H22ClN3O2S/c1-17(2)8-4-3-7-16-20(18,19)12-5-6-13(14)11(9-12)10-15/h5-6,9,16H,3-4,7-8,10,15H2,1-2H3. The monoisotopic (exact) mass is 319 g/mol. The molecule has 0 spiro atoms. The molecule has 0 aromatic heterocycles. The van der Waals surface area contributed by atoms with Crippen molar-refractivity contribution < 1.29 is 8.42 Å². The molecule has 0 saturated carbocycles. The molecule has 0 atom stereocenters. The van der Waals surface area contributed by atoms with E-state index < -0.39 is 10.0 Å². The van der Waals surface area contributed by atoms with E-state index in [1.807, 2.05) is 14.1 Å². The molecule has 0 aliphatic heterocycles. The molecule has 1 aromatic rings. The number of nitrogens with two attached hydrogens (primary N) is 1. The van der Waals surface area contributed by atoms with E-state index in [9.17, 15) is 8.42 Å². The molecule has 0 saturated heterocycles. The van der Waals surface area contributed by atoms with Gasteiger partial charge in [0.25, 0.3) is 0 Å². The van der Waals surface area contributed by atoms with Gasteiger partial charge >= 0.3 is 0 Å². The van der Waals surface area contributed by atoms with Crippen molar-refractivity contribution >= 4 is 21.6 Å². The van der Waals surface area contributed by atoms with Crippen LogP contribution in [0.1, 0.15) is 18.4 Å². The summed E-state index contributed by atoms with van der Waals surface area (Å²) in [4.78, 5) is 2.27. The largest absolute Gasteiger partial charge is 0.326 e. The predicted molar refractivity (Wildman–Crippen MR) is 82.3 cm³/mol. The van der Waals surface area contributed by atoms with Crippen molar-refractivity contribution in [2.45, 2.75) is 24.3 Å². The number of nitrogens with one attached hydrogen (secondary N) is 1. The predicted octanol–water partition coefficient (Wildman–Crippen LogP) is 1.42. The summed E-state index contributed by atoms with van der Waals surface area (Å²) in [5, 5.41) is 0.484. The molecule has 1 rings (SSSR count). The van der Waals surface area contributed by atoms with Gasteiger partial charge in [0.1, 0.15) is 0 Å². The fourth-order valence-electron chi connectivity index (χ4n) is 1.72. The molecule has 0 fully saturated rings.